The summed E-state index contributed by atoms with van der Waals surface area (Å²) in [7, 11) is 0. The Kier molecular flexibility index (Phi) is 4.86. The number of carbonyl (C=O) groups excluding carboxylic acids is 2. The molecule has 142 valence electrons. The molecule has 4 rings (SSSR count). The Morgan fingerprint density at radius 1 is 0.828 bits per heavy atom. The van der Waals surface area contributed by atoms with E-state index >= 15 is 0 Å². The molecule has 0 aliphatic heterocycles. The molecule has 0 aliphatic rings. The van der Waals surface area contributed by atoms with Gasteiger partial charge in [0.25, 0.3) is 5.91 Å². The minimum absolute atomic E-state index is 0.313. The Balaban J connectivity index is 1.61. The molecular formula is C22H17N5O2. The van der Waals surface area contributed by atoms with E-state index in [1.807, 2.05) is 24.3 Å². The smallest absolute Gasteiger partial charge is 0.323 e. The molecule has 4 N–H and O–H groups in total. The first-order valence-electron chi connectivity index (χ1n) is 8.89. The van der Waals surface area contributed by atoms with Crippen molar-refractivity contribution in [1.29, 1.82) is 0 Å². The lowest BCUT2D eigenvalue weighted by atomic mass is 10.1. The molecule has 0 aliphatic carbocycles. The number of hydrogen-bond donors (Lipinski definition) is 3. The highest BCUT2D eigenvalue weighted by atomic mass is 16.2. The van der Waals surface area contributed by atoms with Crippen LogP contribution in [0.2, 0.25) is 0 Å². The number of anilines is 2. The zero-order valence-corrected chi connectivity index (χ0v) is 15.3. The van der Waals surface area contributed by atoms with Gasteiger partial charge in [0.05, 0.1) is 23.0 Å². The maximum Gasteiger partial charge on any atom is 0.323 e. The van der Waals surface area contributed by atoms with Crippen molar-refractivity contribution >= 4 is 34.3 Å². The summed E-state index contributed by atoms with van der Waals surface area (Å²) in [5.41, 5.74) is 9.40. The second-order valence-electron chi connectivity index (χ2n) is 6.32. The number of para-hydroxylation sites is 2. The average Bonchev–Trinajstić information content (AvgIpc) is 2.73. The topological polar surface area (TPSA) is 110 Å². The molecule has 3 aromatic carbocycles. The highest BCUT2D eigenvalue weighted by molar-refractivity contribution is 6.04. The van der Waals surface area contributed by atoms with E-state index in [0.717, 1.165) is 5.56 Å². The van der Waals surface area contributed by atoms with E-state index in [0.29, 0.717) is 33.7 Å². The van der Waals surface area contributed by atoms with Crippen LogP contribution in [0.3, 0.4) is 0 Å². The summed E-state index contributed by atoms with van der Waals surface area (Å²) in [5, 5.41) is 5.56. The predicted octanol–water partition coefficient (Wildman–Crippen LogP) is 4.04. The summed E-state index contributed by atoms with van der Waals surface area (Å²) in [6, 6.07) is 21.1. The number of rotatable bonds is 4. The van der Waals surface area contributed by atoms with Gasteiger partial charge in [-0.05, 0) is 36.4 Å². The van der Waals surface area contributed by atoms with Crippen molar-refractivity contribution < 1.29 is 9.59 Å². The largest absolute Gasteiger partial charge is 0.366 e. The summed E-state index contributed by atoms with van der Waals surface area (Å²) in [6.45, 7) is 0. The Labute approximate surface area is 166 Å². The number of urea groups is 1. The van der Waals surface area contributed by atoms with Gasteiger partial charge in [0, 0.05) is 16.9 Å². The minimum atomic E-state index is -0.560. The number of benzene rings is 3. The van der Waals surface area contributed by atoms with Crippen molar-refractivity contribution in [2.24, 2.45) is 5.73 Å². The summed E-state index contributed by atoms with van der Waals surface area (Å²) >= 11 is 0. The van der Waals surface area contributed by atoms with Gasteiger partial charge in [-0.2, -0.15) is 0 Å². The van der Waals surface area contributed by atoms with Gasteiger partial charge in [-0.25, -0.2) is 9.78 Å². The number of nitrogens with zero attached hydrogens (tertiary/aromatic N) is 2. The van der Waals surface area contributed by atoms with Crippen LogP contribution >= 0.6 is 0 Å². The van der Waals surface area contributed by atoms with Gasteiger partial charge in [-0.15, -0.1) is 0 Å². The standard InChI is InChI=1S/C22H17N5O2/c23-21(28)17-10-5-11-18-20(17)27-19(13-24-18)14-6-4-9-16(12-14)26-22(29)25-15-7-2-1-3-8-15/h1-13H,(H2,23,28)(H2,25,26,29). The van der Waals surface area contributed by atoms with Gasteiger partial charge < -0.3 is 16.4 Å². The Bertz CT molecular complexity index is 1210. The number of nitrogens with two attached hydrogens (primary N) is 1. The summed E-state index contributed by atoms with van der Waals surface area (Å²) in [5.74, 6) is -0.560. The van der Waals surface area contributed by atoms with E-state index < -0.39 is 5.91 Å². The zero-order valence-electron chi connectivity index (χ0n) is 15.3. The number of carbonyl (C=O) groups is 2. The van der Waals surface area contributed by atoms with E-state index in [-0.39, 0.29) is 6.03 Å². The van der Waals surface area contributed by atoms with Gasteiger partial charge in [0.2, 0.25) is 0 Å². The van der Waals surface area contributed by atoms with Gasteiger partial charge in [0.15, 0.2) is 0 Å². The summed E-state index contributed by atoms with van der Waals surface area (Å²) < 4.78 is 0. The molecule has 7 nitrogen and oxygen atoms in total. The Morgan fingerprint density at radius 2 is 1.55 bits per heavy atom. The molecule has 1 aromatic heterocycles. The van der Waals surface area contributed by atoms with Gasteiger partial charge >= 0.3 is 6.03 Å². The molecule has 1 heterocycles. The molecule has 0 atom stereocenters. The lowest BCUT2D eigenvalue weighted by molar-refractivity contribution is 0.100. The third-order valence-electron chi connectivity index (χ3n) is 4.29. The van der Waals surface area contributed by atoms with Crippen LogP contribution in [0.1, 0.15) is 10.4 Å². The van der Waals surface area contributed by atoms with Crippen LogP contribution in [-0.4, -0.2) is 21.9 Å². The molecule has 0 fully saturated rings. The minimum Gasteiger partial charge on any atom is -0.366 e. The van der Waals surface area contributed by atoms with E-state index in [4.69, 9.17) is 5.73 Å². The lowest BCUT2D eigenvalue weighted by Gasteiger charge is -2.09. The molecule has 3 amide bonds. The fraction of sp³-hybridized carbons (Fsp3) is 0. The van der Waals surface area contributed by atoms with Crippen molar-refractivity contribution in [2.75, 3.05) is 10.6 Å². The van der Waals surface area contributed by atoms with Crippen LogP contribution in [0.5, 0.6) is 0 Å². The number of fused-ring (bicyclic) bond motifs is 1. The monoisotopic (exact) mass is 383 g/mol. The first-order valence-corrected chi connectivity index (χ1v) is 8.89. The van der Waals surface area contributed by atoms with Crippen LogP contribution < -0.4 is 16.4 Å². The molecule has 0 radical (unpaired) electrons. The highest BCUT2D eigenvalue weighted by Crippen LogP contribution is 2.24. The maximum atomic E-state index is 12.2. The maximum absolute atomic E-state index is 12.2. The number of hydrogen-bond acceptors (Lipinski definition) is 4. The predicted molar refractivity (Wildman–Crippen MR) is 113 cm³/mol. The number of aromatic nitrogens is 2. The molecule has 4 aromatic rings. The van der Waals surface area contributed by atoms with Crippen LogP contribution in [0.4, 0.5) is 16.2 Å². The molecule has 0 saturated carbocycles. The number of amides is 3. The molecule has 0 spiro atoms. The van der Waals surface area contributed by atoms with Crippen LogP contribution in [0.15, 0.2) is 79.0 Å². The fourth-order valence-corrected chi connectivity index (χ4v) is 2.94. The van der Waals surface area contributed by atoms with Crippen molar-refractivity contribution in [2.45, 2.75) is 0 Å². The molecule has 0 unspecified atom stereocenters. The number of nitrogens with one attached hydrogen (secondary N) is 2. The molecule has 0 bridgehead atoms. The van der Waals surface area contributed by atoms with Gasteiger partial charge in [0.1, 0.15) is 5.52 Å². The first-order chi connectivity index (χ1) is 14.1. The van der Waals surface area contributed by atoms with Crippen LogP contribution in [0, 0.1) is 0 Å². The van der Waals surface area contributed by atoms with Crippen molar-refractivity contribution in [3.63, 3.8) is 0 Å². The van der Waals surface area contributed by atoms with E-state index in [2.05, 4.69) is 20.6 Å². The van der Waals surface area contributed by atoms with Gasteiger partial charge in [-0.3, -0.25) is 9.78 Å². The Hall–Kier alpha value is -4.26. The quantitative estimate of drug-likeness (QED) is 0.494. The molecular weight excluding hydrogens is 366 g/mol. The second-order valence-corrected chi connectivity index (χ2v) is 6.32. The van der Waals surface area contributed by atoms with Crippen molar-refractivity contribution in [3.05, 3.63) is 84.6 Å². The molecule has 0 saturated heterocycles. The SMILES string of the molecule is NC(=O)c1cccc2ncc(-c3cccc(NC(=O)Nc4ccccc4)c3)nc12. The summed E-state index contributed by atoms with van der Waals surface area (Å²) in [6.07, 6.45) is 1.62. The zero-order chi connectivity index (χ0) is 20.2. The van der Waals surface area contributed by atoms with E-state index in [9.17, 15) is 9.59 Å². The number of primary amides is 1. The lowest BCUT2D eigenvalue weighted by Crippen LogP contribution is -2.19. The highest BCUT2D eigenvalue weighted by Gasteiger charge is 2.11. The normalized spacial score (nSPS) is 10.5. The van der Waals surface area contributed by atoms with Crippen LogP contribution in [0.25, 0.3) is 22.3 Å². The molecule has 7 heteroatoms. The average molecular weight is 383 g/mol. The van der Waals surface area contributed by atoms with Crippen LogP contribution in [-0.2, 0) is 0 Å². The molecule has 29 heavy (non-hydrogen) atoms. The van der Waals surface area contributed by atoms with E-state index in [1.165, 1.54) is 0 Å². The van der Waals surface area contributed by atoms with Crippen molar-refractivity contribution in [1.82, 2.24) is 9.97 Å². The van der Waals surface area contributed by atoms with Gasteiger partial charge in [-0.1, -0.05) is 36.4 Å². The third-order valence-corrected chi connectivity index (χ3v) is 4.29. The van der Waals surface area contributed by atoms with Crippen molar-refractivity contribution in [3.8, 4) is 11.3 Å². The first kappa shape index (κ1) is 18.1. The fourth-order valence-electron chi connectivity index (χ4n) is 2.94. The Morgan fingerprint density at radius 3 is 2.34 bits per heavy atom. The third kappa shape index (κ3) is 4.03. The second kappa shape index (κ2) is 7.77. The van der Waals surface area contributed by atoms with E-state index in [1.54, 1.807) is 54.7 Å². The summed E-state index contributed by atoms with van der Waals surface area (Å²) in [4.78, 5) is 32.9.